The molecule has 2 aromatic rings. The SMILES string of the molecule is COC1CCN(C(=O)c2ccc3c(c2)C(=O)N(c2cc(C)ccc2C)C3=O)C1. The van der Waals surface area contributed by atoms with Crippen molar-refractivity contribution in [2.75, 3.05) is 25.1 Å². The largest absolute Gasteiger partial charge is 0.380 e. The molecule has 4 rings (SSSR count). The number of fused-ring (bicyclic) bond motifs is 1. The molecule has 0 spiro atoms. The van der Waals surface area contributed by atoms with Crippen LogP contribution in [0.2, 0.25) is 0 Å². The molecule has 0 aliphatic carbocycles. The number of rotatable bonds is 3. The van der Waals surface area contributed by atoms with Gasteiger partial charge in [-0.15, -0.1) is 0 Å². The van der Waals surface area contributed by atoms with Crippen LogP contribution in [0.3, 0.4) is 0 Å². The quantitative estimate of drug-likeness (QED) is 0.770. The second kappa shape index (κ2) is 6.87. The van der Waals surface area contributed by atoms with Crippen LogP contribution < -0.4 is 4.90 Å². The van der Waals surface area contributed by atoms with Crippen molar-refractivity contribution in [1.29, 1.82) is 0 Å². The third kappa shape index (κ3) is 2.90. The normalized spacial score (nSPS) is 18.8. The van der Waals surface area contributed by atoms with E-state index < -0.39 is 0 Å². The van der Waals surface area contributed by atoms with Crippen molar-refractivity contribution in [2.24, 2.45) is 0 Å². The van der Waals surface area contributed by atoms with Crippen molar-refractivity contribution in [3.63, 3.8) is 0 Å². The van der Waals surface area contributed by atoms with Gasteiger partial charge in [0.1, 0.15) is 0 Å². The van der Waals surface area contributed by atoms with Crippen molar-refractivity contribution in [2.45, 2.75) is 26.4 Å². The van der Waals surface area contributed by atoms with Crippen molar-refractivity contribution >= 4 is 23.4 Å². The Morgan fingerprint density at radius 2 is 1.79 bits per heavy atom. The number of hydrogen-bond acceptors (Lipinski definition) is 4. The summed E-state index contributed by atoms with van der Waals surface area (Å²) < 4.78 is 5.32. The number of benzene rings is 2. The van der Waals surface area contributed by atoms with E-state index in [2.05, 4.69) is 0 Å². The van der Waals surface area contributed by atoms with E-state index in [1.54, 1.807) is 30.2 Å². The van der Waals surface area contributed by atoms with Crippen molar-refractivity contribution in [3.8, 4) is 0 Å². The van der Waals surface area contributed by atoms with Crippen LogP contribution in [0, 0.1) is 13.8 Å². The molecular formula is C22H22N2O4. The lowest BCUT2D eigenvalue weighted by Gasteiger charge is -2.17. The number of likely N-dealkylation sites (tertiary alicyclic amines) is 1. The highest BCUT2D eigenvalue weighted by atomic mass is 16.5. The molecule has 0 radical (unpaired) electrons. The monoisotopic (exact) mass is 378 g/mol. The zero-order valence-corrected chi connectivity index (χ0v) is 16.2. The van der Waals surface area contributed by atoms with E-state index in [-0.39, 0.29) is 29.4 Å². The summed E-state index contributed by atoms with van der Waals surface area (Å²) in [6, 6.07) is 10.4. The van der Waals surface area contributed by atoms with Gasteiger partial charge >= 0.3 is 0 Å². The molecule has 1 fully saturated rings. The number of carbonyl (C=O) groups is 3. The first kappa shape index (κ1) is 18.4. The first-order chi connectivity index (χ1) is 13.4. The molecule has 0 aromatic heterocycles. The molecule has 6 nitrogen and oxygen atoms in total. The Hall–Kier alpha value is -2.99. The second-order valence-electron chi connectivity index (χ2n) is 7.39. The standard InChI is InChI=1S/C22H22N2O4/c1-13-4-5-14(2)19(10-13)24-21(26)17-7-6-15(11-18(17)22(24)27)20(25)23-9-8-16(12-23)28-3/h4-7,10-11,16H,8-9,12H2,1-3H3. The van der Waals surface area contributed by atoms with Crippen LogP contribution in [0.5, 0.6) is 0 Å². The van der Waals surface area contributed by atoms with E-state index in [0.717, 1.165) is 17.5 Å². The predicted octanol–water partition coefficient (Wildman–Crippen LogP) is 2.96. The van der Waals surface area contributed by atoms with Gasteiger partial charge in [-0.2, -0.15) is 0 Å². The van der Waals surface area contributed by atoms with Gasteiger partial charge in [0.05, 0.1) is 22.9 Å². The number of imide groups is 1. The molecule has 0 bridgehead atoms. The minimum atomic E-state index is -0.389. The average molecular weight is 378 g/mol. The van der Waals surface area contributed by atoms with E-state index in [1.807, 2.05) is 32.0 Å². The summed E-state index contributed by atoms with van der Waals surface area (Å²) >= 11 is 0. The zero-order chi connectivity index (χ0) is 20.0. The highest BCUT2D eigenvalue weighted by Gasteiger charge is 2.38. The fraction of sp³-hybridized carbons (Fsp3) is 0.318. The number of amides is 3. The van der Waals surface area contributed by atoms with Crippen molar-refractivity contribution in [3.05, 3.63) is 64.2 Å². The molecule has 28 heavy (non-hydrogen) atoms. The van der Waals surface area contributed by atoms with Crippen molar-refractivity contribution in [1.82, 2.24) is 4.90 Å². The Morgan fingerprint density at radius 1 is 1.04 bits per heavy atom. The predicted molar refractivity (Wildman–Crippen MR) is 105 cm³/mol. The van der Waals surface area contributed by atoms with Gasteiger partial charge in [-0.1, -0.05) is 12.1 Å². The van der Waals surface area contributed by atoms with E-state index >= 15 is 0 Å². The number of aryl methyl sites for hydroxylation is 2. The van der Waals surface area contributed by atoms with E-state index in [4.69, 9.17) is 4.74 Å². The van der Waals surface area contributed by atoms with Crippen LogP contribution in [0.15, 0.2) is 36.4 Å². The minimum absolute atomic E-state index is 0.0429. The molecule has 0 N–H and O–H groups in total. The first-order valence-electron chi connectivity index (χ1n) is 9.33. The number of carbonyl (C=O) groups excluding carboxylic acids is 3. The Labute approximate surface area is 163 Å². The van der Waals surface area contributed by atoms with Crippen molar-refractivity contribution < 1.29 is 19.1 Å². The lowest BCUT2D eigenvalue weighted by atomic mass is 10.0. The number of methoxy groups -OCH3 is 1. The maximum absolute atomic E-state index is 13.0. The number of nitrogens with zero attached hydrogens (tertiary/aromatic N) is 2. The molecule has 144 valence electrons. The van der Waals surface area contributed by atoms with Crippen LogP contribution in [0.1, 0.15) is 48.6 Å². The van der Waals surface area contributed by atoms with E-state index in [0.29, 0.717) is 29.9 Å². The van der Waals surface area contributed by atoms with Crippen LogP contribution >= 0.6 is 0 Å². The Balaban J connectivity index is 1.66. The summed E-state index contributed by atoms with van der Waals surface area (Å²) in [4.78, 5) is 41.6. The Morgan fingerprint density at radius 3 is 2.50 bits per heavy atom. The lowest BCUT2D eigenvalue weighted by Crippen LogP contribution is -2.30. The fourth-order valence-electron chi connectivity index (χ4n) is 3.84. The third-order valence-electron chi connectivity index (χ3n) is 5.50. The van der Waals surface area contributed by atoms with Gasteiger partial charge in [-0.25, -0.2) is 4.90 Å². The third-order valence-corrected chi connectivity index (χ3v) is 5.50. The van der Waals surface area contributed by atoms with Gasteiger partial charge in [0.2, 0.25) is 0 Å². The zero-order valence-electron chi connectivity index (χ0n) is 16.2. The highest BCUT2D eigenvalue weighted by molar-refractivity contribution is 6.35. The molecule has 1 atom stereocenters. The van der Waals surface area contributed by atoms with Crippen LogP contribution in [-0.4, -0.2) is 48.9 Å². The number of hydrogen-bond donors (Lipinski definition) is 0. The molecule has 2 aromatic carbocycles. The molecule has 3 amide bonds. The molecule has 0 saturated carbocycles. The molecule has 2 aliphatic heterocycles. The summed E-state index contributed by atoms with van der Waals surface area (Å²) in [7, 11) is 1.64. The topological polar surface area (TPSA) is 66.9 Å². The minimum Gasteiger partial charge on any atom is -0.380 e. The molecule has 1 unspecified atom stereocenters. The summed E-state index contributed by atoms with van der Waals surface area (Å²) in [6.07, 6.45) is 0.840. The Kier molecular flexibility index (Phi) is 4.51. The maximum Gasteiger partial charge on any atom is 0.266 e. The van der Waals surface area contributed by atoms with Gasteiger partial charge in [0.25, 0.3) is 17.7 Å². The fourth-order valence-corrected chi connectivity index (χ4v) is 3.84. The van der Waals surface area contributed by atoms with Crippen LogP contribution in [0.25, 0.3) is 0 Å². The summed E-state index contributed by atoms with van der Waals surface area (Å²) in [5.41, 5.74) is 3.42. The molecule has 2 heterocycles. The second-order valence-corrected chi connectivity index (χ2v) is 7.39. The molecule has 6 heteroatoms. The summed E-state index contributed by atoms with van der Waals surface area (Å²) in [6.45, 7) is 4.94. The number of ether oxygens (including phenoxy) is 1. The smallest absolute Gasteiger partial charge is 0.266 e. The van der Waals surface area contributed by atoms with Gasteiger partial charge in [-0.05, 0) is 55.7 Å². The van der Waals surface area contributed by atoms with E-state index in [9.17, 15) is 14.4 Å². The molecule has 1 saturated heterocycles. The maximum atomic E-state index is 13.0. The van der Waals surface area contributed by atoms with Crippen LogP contribution in [0.4, 0.5) is 5.69 Å². The highest BCUT2D eigenvalue weighted by Crippen LogP contribution is 2.32. The van der Waals surface area contributed by atoms with Gasteiger partial charge < -0.3 is 9.64 Å². The van der Waals surface area contributed by atoms with Gasteiger partial charge in [0, 0.05) is 25.8 Å². The molecule has 2 aliphatic rings. The summed E-state index contributed by atoms with van der Waals surface area (Å²) in [5, 5.41) is 0. The summed E-state index contributed by atoms with van der Waals surface area (Å²) in [5.74, 6) is -0.888. The van der Waals surface area contributed by atoms with Gasteiger partial charge in [-0.3, -0.25) is 14.4 Å². The van der Waals surface area contributed by atoms with Crippen LogP contribution in [-0.2, 0) is 4.74 Å². The van der Waals surface area contributed by atoms with Gasteiger partial charge in [0.15, 0.2) is 0 Å². The average Bonchev–Trinajstić information content (AvgIpc) is 3.27. The first-order valence-corrected chi connectivity index (χ1v) is 9.33. The van der Waals surface area contributed by atoms with E-state index in [1.165, 1.54) is 4.90 Å². The number of anilines is 1. The lowest BCUT2D eigenvalue weighted by molar-refractivity contribution is 0.0724. The molecular weight excluding hydrogens is 356 g/mol. The Bertz CT molecular complexity index is 998.